The smallest absolute Gasteiger partial charge is 0.220 e. The van der Waals surface area contributed by atoms with Crippen molar-refractivity contribution in [3.8, 4) is 0 Å². The van der Waals surface area contributed by atoms with Crippen molar-refractivity contribution >= 4 is 18.3 Å². The van der Waals surface area contributed by atoms with Crippen LogP contribution in [0.3, 0.4) is 0 Å². The van der Waals surface area contributed by atoms with E-state index in [1.54, 1.807) is 0 Å². The van der Waals surface area contributed by atoms with E-state index in [-0.39, 0.29) is 18.3 Å². The van der Waals surface area contributed by atoms with Gasteiger partial charge < -0.3 is 11.1 Å². The fraction of sp³-hybridized carbons (Fsp3) is 0.917. The summed E-state index contributed by atoms with van der Waals surface area (Å²) in [5.41, 5.74) is 5.40. The molecule has 3 nitrogen and oxygen atoms in total. The topological polar surface area (TPSA) is 55.1 Å². The minimum Gasteiger partial charge on any atom is -0.353 e. The van der Waals surface area contributed by atoms with Crippen molar-refractivity contribution in [1.29, 1.82) is 0 Å². The third-order valence-corrected chi connectivity index (χ3v) is 3.08. The van der Waals surface area contributed by atoms with Gasteiger partial charge in [0.25, 0.3) is 0 Å². The van der Waals surface area contributed by atoms with Gasteiger partial charge in [-0.2, -0.15) is 0 Å². The summed E-state index contributed by atoms with van der Waals surface area (Å²) in [6.45, 7) is 0.772. The van der Waals surface area contributed by atoms with Gasteiger partial charge in [-0.3, -0.25) is 4.79 Å². The number of nitrogens with one attached hydrogen (secondary N) is 1. The van der Waals surface area contributed by atoms with Crippen molar-refractivity contribution in [2.45, 2.75) is 63.8 Å². The van der Waals surface area contributed by atoms with Crippen LogP contribution in [0.25, 0.3) is 0 Å². The standard InChI is InChI=1S/C12H24N2O.ClH/c13-10-6-2-1-3-9-12(15)14-11-7-4-5-8-11;/h11H,1-10,13H2,(H,14,15);1H. The number of hydrogen-bond donors (Lipinski definition) is 2. The van der Waals surface area contributed by atoms with E-state index in [2.05, 4.69) is 5.32 Å². The molecule has 4 heteroatoms. The monoisotopic (exact) mass is 248 g/mol. The van der Waals surface area contributed by atoms with Crippen LogP contribution in [-0.4, -0.2) is 18.5 Å². The quantitative estimate of drug-likeness (QED) is 0.680. The Morgan fingerprint density at radius 2 is 1.75 bits per heavy atom. The molecule has 0 aliphatic heterocycles. The van der Waals surface area contributed by atoms with Gasteiger partial charge in [0.15, 0.2) is 0 Å². The van der Waals surface area contributed by atoms with E-state index in [1.807, 2.05) is 0 Å². The van der Waals surface area contributed by atoms with Crippen molar-refractivity contribution in [3.63, 3.8) is 0 Å². The highest BCUT2D eigenvalue weighted by Crippen LogP contribution is 2.17. The van der Waals surface area contributed by atoms with Crippen molar-refractivity contribution in [1.82, 2.24) is 5.32 Å². The molecule has 1 aliphatic rings. The molecule has 16 heavy (non-hydrogen) atoms. The Morgan fingerprint density at radius 1 is 1.12 bits per heavy atom. The van der Waals surface area contributed by atoms with E-state index in [0.29, 0.717) is 12.5 Å². The van der Waals surface area contributed by atoms with Crippen LogP contribution >= 0.6 is 12.4 Å². The van der Waals surface area contributed by atoms with Crippen LogP contribution in [0.5, 0.6) is 0 Å². The Bertz CT molecular complexity index is 182. The Labute approximate surface area is 105 Å². The lowest BCUT2D eigenvalue weighted by Crippen LogP contribution is -2.32. The molecule has 0 spiro atoms. The van der Waals surface area contributed by atoms with Crippen molar-refractivity contribution in [2.24, 2.45) is 5.73 Å². The third-order valence-electron chi connectivity index (χ3n) is 3.08. The molecule has 0 heterocycles. The predicted octanol–water partition coefficient (Wildman–Crippen LogP) is 2.38. The number of rotatable bonds is 7. The molecule has 1 amide bonds. The number of carbonyl (C=O) groups is 1. The molecule has 0 aromatic carbocycles. The zero-order valence-electron chi connectivity index (χ0n) is 10.0. The van der Waals surface area contributed by atoms with E-state index in [0.717, 1.165) is 32.2 Å². The first-order chi connectivity index (χ1) is 7.33. The molecule has 0 aromatic heterocycles. The van der Waals surface area contributed by atoms with Crippen LogP contribution in [0.4, 0.5) is 0 Å². The Morgan fingerprint density at radius 3 is 2.38 bits per heavy atom. The molecule has 1 aliphatic carbocycles. The summed E-state index contributed by atoms with van der Waals surface area (Å²) in [7, 11) is 0. The lowest BCUT2D eigenvalue weighted by atomic mass is 10.1. The van der Waals surface area contributed by atoms with Crippen LogP contribution in [-0.2, 0) is 4.79 Å². The van der Waals surface area contributed by atoms with Gasteiger partial charge in [0, 0.05) is 12.5 Å². The van der Waals surface area contributed by atoms with Crippen molar-refractivity contribution in [3.05, 3.63) is 0 Å². The summed E-state index contributed by atoms with van der Waals surface area (Å²) < 4.78 is 0. The highest BCUT2D eigenvalue weighted by Gasteiger charge is 2.16. The molecule has 1 saturated carbocycles. The minimum absolute atomic E-state index is 0. The number of amides is 1. The Hall–Kier alpha value is -0.280. The van der Waals surface area contributed by atoms with Gasteiger partial charge >= 0.3 is 0 Å². The number of nitrogens with two attached hydrogens (primary N) is 1. The molecule has 96 valence electrons. The second-order valence-electron chi connectivity index (χ2n) is 4.50. The molecule has 0 radical (unpaired) electrons. The maximum atomic E-state index is 11.5. The lowest BCUT2D eigenvalue weighted by Gasteiger charge is -2.11. The highest BCUT2D eigenvalue weighted by molar-refractivity contribution is 5.85. The van der Waals surface area contributed by atoms with Crippen LogP contribution in [0.2, 0.25) is 0 Å². The van der Waals surface area contributed by atoms with E-state index in [1.165, 1.54) is 25.7 Å². The molecule has 0 unspecified atom stereocenters. The zero-order chi connectivity index (χ0) is 10.9. The second-order valence-corrected chi connectivity index (χ2v) is 4.50. The van der Waals surface area contributed by atoms with Crippen molar-refractivity contribution in [2.75, 3.05) is 6.54 Å². The first-order valence-electron chi connectivity index (χ1n) is 6.32. The molecule has 1 fully saturated rings. The van der Waals surface area contributed by atoms with E-state index in [9.17, 15) is 4.79 Å². The fourth-order valence-corrected chi connectivity index (χ4v) is 2.15. The average molecular weight is 249 g/mol. The predicted molar refractivity (Wildman–Crippen MR) is 69.8 cm³/mol. The van der Waals surface area contributed by atoms with Gasteiger partial charge in [0.2, 0.25) is 5.91 Å². The second kappa shape index (κ2) is 9.91. The van der Waals surface area contributed by atoms with Gasteiger partial charge in [-0.15, -0.1) is 12.4 Å². The maximum absolute atomic E-state index is 11.5. The normalized spacial score (nSPS) is 15.8. The molecular weight excluding hydrogens is 224 g/mol. The minimum atomic E-state index is 0. The molecule has 1 rings (SSSR count). The summed E-state index contributed by atoms with van der Waals surface area (Å²) in [4.78, 5) is 11.5. The first-order valence-corrected chi connectivity index (χ1v) is 6.32. The largest absolute Gasteiger partial charge is 0.353 e. The first kappa shape index (κ1) is 15.7. The van der Waals surface area contributed by atoms with Crippen LogP contribution in [0.1, 0.15) is 57.8 Å². The zero-order valence-corrected chi connectivity index (χ0v) is 10.9. The Balaban J connectivity index is 0.00000225. The number of hydrogen-bond acceptors (Lipinski definition) is 2. The number of carbonyl (C=O) groups excluding carboxylic acids is 1. The summed E-state index contributed by atoms with van der Waals surface area (Å²) >= 11 is 0. The molecule has 0 atom stereocenters. The van der Waals surface area contributed by atoms with Gasteiger partial charge in [-0.25, -0.2) is 0 Å². The van der Waals surface area contributed by atoms with E-state index < -0.39 is 0 Å². The highest BCUT2D eigenvalue weighted by atomic mass is 35.5. The van der Waals surface area contributed by atoms with Crippen molar-refractivity contribution < 1.29 is 4.79 Å². The van der Waals surface area contributed by atoms with Gasteiger partial charge in [0.1, 0.15) is 0 Å². The maximum Gasteiger partial charge on any atom is 0.220 e. The summed E-state index contributed by atoms with van der Waals surface area (Å²) in [5, 5.41) is 3.11. The van der Waals surface area contributed by atoms with Crippen LogP contribution in [0, 0.1) is 0 Å². The van der Waals surface area contributed by atoms with Gasteiger partial charge in [-0.05, 0) is 32.2 Å². The molecule has 3 N–H and O–H groups in total. The van der Waals surface area contributed by atoms with Gasteiger partial charge in [-0.1, -0.05) is 25.7 Å². The number of halogens is 1. The Kier molecular flexibility index (Phi) is 9.74. The molecule has 0 aromatic rings. The summed E-state index contributed by atoms with van der Waals surface area (Å²) in [5.74, 6) is 0.245. The SMILES string of the molecule is Cl.NCCCCCCC(=O)NC1CCCC1. The van der Waals surface area contributed by atoms with E-state index in [4.69, 9.17) is 5.73 Å². The number of unbranched alkanes of at least 4 members (excludes halogenated alkanes) is 3. The summed E-state index contributed by atoms with van der Waals surface area (Å²) in [6.07, 6.45) is 10.0. The third kappa shape index (κ3) is 7.07. The summed E-state index contributed by atoms with van der Waals surface area (Å²) in [6, 6.07) is 0.474. The lowest BCUT2D eigenvalue weighted by molar-refractivity contribution is -0.121. The molecule has 0 bridgehead atoms. The van der Waals surface area contributed by atoms with Crippen LogP contribution < -0.4 is 11.1 Å². The van der Waals surface area contributed by atoms with Gasteiger partial charge in [0.05, 0.1) is 0 Å². The fourth-order valence-electron chi connectivity index (χ4n) is 2.15. The molecular formula is C12H25ClN2O. The van der Waals surface area contributed by atoms with E-state index >= 15 is 0 Å². The molecule has 0 saturated heterocycles. The average Bonchev–Trinajstić information content (AvgIpc) is 2.70. The van der Waals surface area contributed by atoms with Crippen LogP contribution in [0.15, 0.2) is 0 Å².